The average molecular weight is 514 g/mol. The Morgan fingerprint density at radius 3 is 2.49 bits per heavy atom. The number of alkyl halides is 2. The number of hydrogen-bond acceptors (Lipinski definition) is 5. The maximum atomic E-state index is 13.9. The molecule has 1 heterocycles. The zero-order valence-electron chi connectivity index (χ0n) is 21.0. The molecule has 3 fully saturated rings. The third-order valence-corrected chi connectivity index (χ3v) is 9.16. The van der Waals surface area contributed by atoms with Crippen LogP contribution < -0.4 is 11.0 Å². The Morgan fingerprint density at radius 2 is 1.86 bits per heavy atom. The molecule has 2 N–H and O–H groups in total. The molecule has 8 unspecified atom stereocenters. The van der Waals surface area contributed by atoms with Crippen molar-refractivity contribution in [3.8, 4) is 0 Å². The molecule has 0 spiro atoms. The summed E-state index contributed by atoms with van der Waals surface area (Å²) in [5.74, 6) is 1.08. The number of nitrogens with one attached hydrogen (secondary N) is 2. The number of rotatable bonds is 8. The molecule has 8 atom stereocenters. The third-order valence-electron chi connectivity index (χ3n) is 8.66. The first-order valence-electron chi connectivity index (χ1n) is 13.2. The Morgan fingerprint density at radius 1 is 1.11 bits per heavy atom. The fraction of sp³-hybridized carbons (Fsp3) is 0.846. The predicted molar refractivity (Wildman–Crippen MR) is 131 cm³/mol. The zero-order chi connectivity index (χ0) is 24.9. The van der Waals surface area contributed by atoms with Crippen LogP contribution in [-0.4, -0.2) is 55.0 Å². The van der Waals surface area contributed by atoms with Gasteiger partial charge in [-0.2, -0.15) is 0 Å². The number of amides is 1. The van der Waals surface area contributed by atoms with Crippen molar-refractivity contribution >= 4 is 17.5 Å². The van der Waals surface area contributed by atoms with E-state index in [0.29, 0.717) is 31.8 Å². The van der Waals surface area contributed by atoms with E-state index in [2.05, 4.69) is 5.32 Å². The summed E-state index contributed by atoms with van der Waals surface area (Å²) in [7, 11) is 3.48. The highest BCUT2D eigenvalue weighted by molar-refractivity contribution is 6.20. The van der Waals surface area contributed by atoms with Gasteiger partial charge in [-0.15, -0.1) is 11.6 Å². The Hall–Kier alpha value is -1.38. The Balaban J connectivity index is 1.41. The van der Waals surface area contributed by atoms with Gasteiger partial charge < -0.3 is 19.2 Å². The number of hydrogen-bond donors (Lipinski definition) is 2. The van der Waals surface area contributed by atoms with Gasteiger partial charge in [0.25, 0.3) is 5.68 Å². The summed E-state index contributed by atoms with van der Waals surface area (Å²) in [6.45, 7) is 1.28. The predicted octanol–water partition coefficient (Wildman–Crippen LogP) is 4.28. The van der Waals surface area contributed by atoms with Crippen molar-refractivity contribution in [2.75, 3.05) is 20.8 Å². The van der Waals surface area contributed by atoms with Gasteiger partial charge in [-0.25, -0.2) is 4.39 Å². The van der Waals surface area contributed by atoms with Crippen molar-refractivity contribution in [2.45, 2.75) is 88.1 Å². The maximum absolute atomic E-state index is 13.9. The summed E-state index contributed by atoms with van der Waals surface area (Å²) in [4.78, 5) is 13.4. The highest BCUT2D eigenvalue weighted by atomic mass is 35.5. The van der Waals surface area contributed by atoms with E-state index in [4.69, 9.17) is 30.9 Å². The van der Waals surface area contributed by atoms with Crippen LogP contribution in [0.25, 0.3) is 0 Å². The minimum atomic E-state index is -0.818. The molecule has 1 aromatic heterocycles. The lowest BCUT2D eigenvalue weighted by Crippen LogP contribution is -2.44. The van der Waals surface area contributed by atoms with Crippen LogP contribution in [0.5, 0.6) is 0 Å². The van der Waals surface area contributed by atoms with Crippen LogP contribution in [0.15, 0.2) is 16.9 Å². The van der Waals surface area contributed by atoms with Crippen LogP contribution in [-0.2, 0) is 20.8 Å². The number of carbonyl (C=O) groups is 1. The molecule has 7 nitrogen and oxygen atoms in total. The quantitative estimate of drug-likeness (QED) is 0.507. The van der Waals surface area contributed by atoms with E-state index in [0.717, 1.165) is 44.9 Å². The zero-order valence-corrected chi connectivity index (χ0v) is 21.7. The topological polar surface area (TPSA) is 89.5 Å². The van der Waals surface area contributed by atoms with Gasteiger partial charge in [0, 0.05) is 44.8 Å². The second kappa shape index (κ2) is 12.2. The minimum absolute atomic E-state index is 0.0989. The molecular weight excluding hydrogens is 473 g/mol. The van der Waals surface area contributed by atoms with Gasteiger partial charge in [-0.3, -0.25) is 14.8 Å². The van der Waals surface area contributed by atoms with Crippen LogP contribution in [0.4, 0.5) is 4.39 Å². The number of oxazole rings is 1. The van der Waals surface area contributed by atoms with Crippen LogP contribution in [0.2, 0.25) is 0 Å². The second-order valence-electron chi connectivity index (χ2n) is 11.0. The Kier molecular flexibility index (Phi) is 9.33. The van der Waals surface area contributed by atoms with Gasteiger partial charge in [0.1, 0.15) is 12.4 Å². The summed E-state index contributed by atoms with van der Waals surface area (Å²) in [5.41, 5.74) is 0.124. The van der Waals surface area contributed by atoms with Gasteiger partial charge in [0.05, 0.1) is 12.2 Å². The van der Waals surface area contributed by atoms with E-state index in [-0.39, 0.29) is 52.8 Å². The van der Waals surface area contributed by atoms with Gasteiger partial charge in [-0.05, 0) is 81.5 Å². The molecule has 9 heteroatoms. The van der Waals surface area contributed by atoms with Gasteiger partial charge in [-0.1, -0.05) is 0 Å². The molecule has 4 rings (SSSR count). The largest absolute Gasteiger partial charge is 0.432 e. The lowest BCUT2D eigenvalue weighted by atomic mass is 9.66. The van der Waals surface area contributed by atoms with E-state index in [1.54, 1.807) is 25.0 Å². The van der Waals surface area contributed by atoms with Crippen molar-refractivity contribution in [1.82, 2.24) is 9.88 Å². The number of nitrogens with zero attached hydrogens (tertiary/aromatic N) is 1. The first-order chi connectivity index (χ1) is 16.9. The van der Waals surface area contributed by atoms with E-state index >= 15 is 0 Å². The molecule has 198 valence electrons. The molecule has 3 aliphatic rings. The number of methoxy groups -OCH3 is 2. The van der Waals surface area contributed by atoms with Crippen molar-refractivity contribution in [3.05, 3.63) is 18.1 Å². The van der Waals surface area contributed by atoms with Crippen LogP contribution in [0.3, 0.4) is 0 Å². The van der Waals surface area contributed by atoms with Crippen LogP contribution in [0.1, 0.15) is 57.8 Å². The van der Waals surface area contributed by atoms with Crippen LogP contribution >= 0.6 is 11.6 Å². The SMILES string of the molecule is COC1CC(CNC(=O)C2CC(Cn3ccoc3=N)CC(C3CCC(F)CC3Cl)C2)CC(OC)C1. The van der Waals surface area contributed by atoms with Gasteiger partial charge >= 0.3 is 0 Å². The van der Waals surface area contributed by atoms with Crippen molar-refractivity contribution in [2.24, 2.45) is 29.6 Å². The molecule has 0 aromatic carbocycles. The summed E-state index contributed by atoms with van der Waals surface area (Å²) in [6.07, 6.45) is 9.82. The fourth-order valence-corrected chi connectivity index (χ4v) is 7.34. The molecule has 0 radical (unpaired) electrons. The molecule has 1 amide bonds. The highest BCUT2D eigenvalue weighted by Crippen LogP contribution is 2.45. The van der Waals surface area contributed by atoms with E-state index < -0.39 is 6.17 Å². The number of aromatic nitrogens is 1. The van der Waals surface area contributed by atoms with Gasteiger partial charge in [0.2, 0.25) is 5.91 Å². The third kappa shape index (κ3) is 6.89. The Labute approximate surface area is 212 Å². The molecule has 3 saturated carbocycles. The molecular formula is C26H41ClFN3O4. The summed E-state index contributed by atoms with van der Waals surface area (Å²) in [6, 6.07) is 0. The van der Waals surface area contributed by atoms with E-state index in [1.165, 1.54) is 6.26 Å². The molecule has 35 heavy (non-hydrogen) atoms. The molecule has 3 aliphatic carbocycles. The second-order valence-corrected chi connectivity index (χ2v) is 11.6. The molecule has 0 bridgehead atoms. The van der Waals surface area contributed by atoms with Gasteiger partial charge in [0.15, 0.2) is 0 Å². The normalized spacial score (nSPS) is 38.2. The number of halogens is 2. The summed E-state index contributed by atoms with van der Waals surface area (Å²) < 4.78 is 32.1. The molecule has 0 saturated heterocycles. The Bertz CT molecular complexity index is 867. The smallest absolute Gasteiger partial charge is 0.293 e. The molecule has 0 aliphatic heterocycles. The summed E-state index contributed by atoms with van der Waals surface area (Å²) in [5, 5.41) is 11.0. The first-order valence-corrected chi connectivity index (χ1v) is 13.6. The average Bonchev–Trinajstić information content (AvgIpc) is 3.26. The standard InChI is InChI=1S/C26H41ClFN3O4/c1-33-21-9-16(10-22(13-21)34-2)14-30-25(32)19-8-17(15-31-5-6-35-26(31)29)7-18(11-19)23-4-3-20(28)12-24(23)27/h5-6,16-24,29H,3-4,7-15H2,1-2H3,(H,30,32). The van der Waals surface area contributed by atoms with E-state index in [1.807, 2.05) is 0 Å². The fourth-order valence-electron chi connectivity index (χ4n) is 6.81. The number of ether oxygens (including phenoxy) is 2. The van der Waals surface area contributed by atoms with Crippen molar-refractivity contribution in [3.63, 3.8) is 0 Å². The van der Waals surface area contributed by atoms with E-state index in [9.17, 15) is 9.18 Å². The minimum Gasteiger partial charge on any atom is -0.432 e. The molecule has 1 aromatic rings. The van der Waals surface area contributed by atoms with Crippen molar-refractivity contribution < 1.29 is 23.1 Å². The first kappa shape index (κ1) is 26.7. The maximum Gasteiger partial charge on any atom is 0.293 e. The van der Waals surface area contributed by atoms with Crippen molar-refractivity contribution in [1.29, 1.82) is 5.41 Å². The monoisotopic (exact) mass is 513 g/mol. The summed E-state index contributed by atoms with van der Waals surface area (Å²) >= 11 is 6.66. The lowest BCUT2D eigenvalue weighted by molar-refractivity contribution is -0.128. The van der Waals surface area contributed by atoms with Crippen LogP contribution in [0, 0.1) is 35.0 Å². The number of carbonyl (C=O) groups excluding carboxylic acids is 1. The highest BCUT2D eigenvalue weighted by Gasteiger charge is 2.41. The lowest BCUT2D eigenvalue weighted by Gasteiger charge is -2.42.